The van der Waals surface area contributed by atoms with Gasteiger partial charge in [0.15, 0.2) is 0 Å². The van der Waals surface area contributed by atoms with E-state index in [4.69, 9.17) is 29.8 Å². The fourth-order valence-corrected chi connectivity index (χ4v) is 7.09. The number of hydrogen-bond acceptors (Lipinski definition) is 10. The van der Waals surface area contributed by atoms with Crippen molar-refractivity contribution in [1.29, 1.82) is 0 Å². The van der Waals surface area contributed by atoms with Gasteiger partial charge < -0.3 is 27.9 Å². The highest BCUT2D eigenvalue weighted by Crippen LogP contribution is 2.39. The van der Waals surface area contributed by atoms with Crippen molar-refractivity contribution in [3.63, 3.8) is 0 Å². The highest BCUT2D eigenvalue weighted by Gasteiger charge is 2.24. The summed E-state index contributed by atoms with van der Waals surface area (Å²) in [5.41, 5.74) is 0.850. The molecule has 2 aromatic carbocycles. The first-order valence-corrected chi connectivity index (χ1v) is 18.7. The molecule has 2 aromatic rings. The van der Waals surface area contributed by atoms with Gasteiger partial charge in [0, 0.05) is 41.5 Å². The van der Waals surface area contributed by atoms with Crippen LogP contribution in [0.25, 0.3) is 0 Å². The first kappa shape index (κ1) is 42.5. The van der Waals surface area contributed by atoms with Crippen molar-refractivity contribution >= 4 is 51.0 Å². The third kappa shape index (κ3) is 15.5. The predicted molar refractivity (Wildman–Crippen MR) is 196 cm³/mol. The molecule has 276 valence electrons. The first-order valence-electron chi connectivity index (χ1n) is 16.6. The van der Waals surface area contributed by atoms with E-state index in [1.165, 1.54) is 33.7 Å². The Hall–Kier alpha value is -3.66. The Morgan fingerprint density at radius 3 is 1.60 bits per heavy atom. The molecule has 0 aliphatic rings. The second-order valence-electron chi connectivity index (χ2n) is 13.4. The van der Waals surface area contributed by atoms with E-state index in [9.17, 15) is 19.7 Å². The minimum Gasteiger partial charge on any atom is -0.462 e. The van der Waals surface area contributed by atoms with Crippen molar-refractivity contribution in [2.45, 2.75) is 55.2 Å². The molecule has 0 fully saturated rings. The number of rotatable bonds is 22. The summed E-state index contributed by atoms with van der Waals surface area (Å²) in [7, 11) is 14.2. The van der Waals surface area contributed by atoms with Crippen LogP contribution in [0.15, 0.2) is 46.2 Å². The zero-order chi connectivity index (χ0) is 37.3. The molecule has 4 N–H and O–H groups in total. The average Bonchev–Trinajstić information content (AvgIpc) is 3.07. The van der Waals surface area contributed by atoms with Crippen molar-refractivity contribution in [1.82, 2.24) is 0 Å². The number of benzene rings is 2. The number of nitrogens with two attached hydrogens (primary N) is 2. The van der Waals surface area contributed by atoms with Crippen molar-refractivity contribution in [3.8, 4) is 0 Å². The third-order valence-corrected chi connectivity index (χ3v) is 10.6. The lowest BCUT2D eigenvalue weighted by Crippen LogP contribution is -2.44. The van der Waals surface area contributed by atoms with E-state index in [0.29, 0.717) is 52.6 Å². The molecule has 0 aliphatic heterocycles. The van der Waals surface area contributed by atoms with E-state index in [-0.39, 0.29) is 23.8 Å². The number of nitro groups is 1. The summed E-state index contributed by atoms with van der Waals surface area (Å²) in [5.74, 6) is -0.100. The summed E-state index contributed by atoms with van der Waals surface area (Å²) in [6, 6.07) is 9.90. The summed E-state index contributed by atoms with van der Waals surface area (Å²) in [6.07, 6.45) is 4.47. The molecule has 50 heavy (non-hydrogen) atoms. The van der Waals surface area contributed by atoms with Crippen molar-refractivity contribution in [3.05, 3.63) is 63.2 Å². The van der Waals surface area contributed by atoms with Gasteiger partial charge in [-0.3, -0.25) is 10.1 Å². The molecule has 0 saturated heterocycles. The number of esters is 2. The molecule has 0 spiro atoms. The minimum atomic E-state index is -0.742. The second kappa shape index (κ2) is 20.9. The van der Waals surface area contributed by atoms with Crippen LogP contribution >= 0.6 is 21.6 Å². The lowest BCUT2D eigenvalue weighted by atomic mass is 10.1. The third-order valence-electron chi connectivity index (χ3n) is 8.23. The van der Waals surface area contributed by atoms with Gasteiger partial charge in [-0.05, 0) is 36.8 Å². The molecule has 0 atom stereocenters. The second-order valence-corrected chi connectivity index (χ2v) is 15.6. The van der Waals surface area contributed by atoms with Crippen LogP contribution in [0.1, 0.15) is 64.8 Å². The van der Waals surface area contributed by atoms with E-state index < -0.39 is 10.9 Å². The highest BCUT2D eigenvalue weighted by atomic mass is 33.1. The SMILES string of the molecule is COC(=[NH2+])CCC[N+](C)(C)CCCOC(=O)c1cc(SSc2ccc([N+](=O)[O-])c(C(=O)OCCC[N+](C)(C)CCCC(=[NH2+])OC)c2)ccc1C. The number of ether oxygens (including phenoxy) is 4. The maximum atomic E-state index is 13.0. The topological polar surface area (TPSA) is 165 Å². The molecule has 0 bridgehead atoms. The molecule has 0 amide bonds. The Labute approximate surface area is 303 Å². The molecule has 0 unspecified atom stereocenters. The number of methoxy groups -OCH3 is 2. The van der Waals surface area contributed by atoms with E-state index in [2.05, 4.69) is 28.2 Å². The summed E-state index contributed by atoms with van der Waals surface area (Å²) in [4.78, 5) is 38.5. The normalized spacial score (nSPS) is 11.5. The van der Waals surface area contributed by atoms with Gasteiger partial charge in [-0.1, -0.05) is 27.7 Å². The van der Waals surface area contributed by atoms with Crippen LogP contribution in [0.3, 0.4) is 0 Å². The van der Waals surface area contributed by atoms with E-state index >= 15 is 0 Å². The number of carbonyl (C=O) groups is 2. The van der Waals surface area contributed by atoms with E-state index in [1.807, 2.05) is 19.1 Å². The van der Waals surface area contributed by atoms with Gasteiger partial charge in [0.1, 0.15) is 5.56 Å². The quantitative estimate of drug-likeness (QED) is 0.0268. The standard InChI is InChI=1S/C35H53N5O8S2/c1-26-14-15-27(24-29(26)34(41)47-22-10-20-39(2,3)18-8-12-32(36)45-6)49-50-28-16-17-31(38(43)44)30(25-28)35(42)48-23-11-21-40(4,5)19-9-13-33(37)46-7/h14-17,24-25,36-37H,8-13,18-23H2,1-7H3/q+2/p+2. The van der Waals surface area contributed by atoms with Gasteiger partial charge in [-0.2, -0.15) is 0 Å². The lowest BCUT2D eigenvalue weighted by molar-refractivity contribution is -0.890. The van der Waals surface area contributed by atoms with E-state index in [0.717, 1.165) is 60.4 Å². The number of nitrogens with zero attached hydrogens (tertiary/aromatic N) is 3. The molecule has 0 heterocycles. The average molecular weight is 738 g/mol. The molecule has 0 aromatic heterocycles. The molecule has 0 saturated carbocycles. The largest absolute Gasteiger partial charge is 0.462 e. The Morgan fingerprint density at radius 2 is 1.14 bits per heavy atom. The number of quaternary nitrogens is 2. The highest BCUT2D eigenvalue weighted by molar-refractivity contribution is 8.76. The molecule has 15 heteroatoms. The molecule has 0 aliphatic carbocycles. The Kier molecular flexibility index (Phi) is 17.8. The first-order chi connectivity index (χ1) is 23.6. The van der Waals surface area contributed by atoms with Gasteiger partial charge in [0.25, 0.3) is 5.69 Å². The summed E-state index contributed by atoms with van der Waals surface area (Å²) in [6.45, 7) is 5.69. The van der Waals surface area contributed by atoms with Crippen LogP contribution in [0.2, 0.25) is 0 Å². The molecular weight excluding hydrogens is 683 g/mol. The van der Waals surface area contributed by atoms with Crippen LogP contribution in [-0.2, 0) is 18.9 Å². The predicted octanol–water partition coefficient (Wildman–Crippen LogP) is 3.12. The van der Waals surface area contributed by atoms with Gasteiger partial charge >= 0.3 is 23.7 Å². The van der Waals surface area contributed by atoms with Crippen molar-refractivity contribution in [2.75, 3.05) is 81.8 Å². The molecule has 13 nitrogen and oxygen atoms in total. The van der Waals surface area contributed by atoms with Gasteiger partial charge in [0.2, 0.25) is 0 Å². The lowest BCUT2D eigenvalue weighted by Gasteiger charge is -2.29. The Balaban J connectivity index is 1.93. The number of aryl methyl sites for hydroxylation is 1. The Morgan fingerprint density at radius 1 is 0.720 bits per heavy atom. The zero-order valence-electron chi connectivity index (χ0n) is 30.5. The molecular formula is C35H55N5O8S2+4. The Bertz CT molecular complexity index is 1480. The van der Waals surface area contributed by atoms with Gasteiger partial charge in [0.05, 0.1) is 105 Å². The van der Waals surface area contributed by atoms with E-state index in [1.54, 1.807) is 26.4 Å². The van der Waals surface area contributed by atoms with Crippen LogP contribution in [0, 0.1) is 17.0 Å². The zero-order valence-corrected chi connectivity index (χ0v) is 32.2. The number of carbonyl (C=O) groups excluding carboxylic acids is 2. The maximum absolute atomic E-state index is 13.0. The summed E-state index contributed by atoms with van der Waals surface area (Å²) >= 11 is 0. The number of hydrogen-bond donors (Lipinski definition) is 2. The molecule has 0 radical (unpaired) electrons. The maximum Gasteiger partial charge on any atom is 0.345 e. The minimum absolute atomic E-state index is 0.104. The van der Waals surface area contributed by atoms with Gasteiger partial charge in [-0.15, -0.1) is 0 Å². The summed E-state index contributed by atoms with van der Waals surface area (Å²) < 4.78 is 22.6. The summed E-state index contributed by atoms with van der Waals surface area (Å²) in [5, 5.41) is 23.2. The monoisotopic (exact) mass is 737 g/mol. The molecule has 2 rings (SSSR count). The van der Waals surface area contributed by atoms with Crippen molar-refractivity contribution in [2.24, 2.45) is 0 Å². The fraction of sp³-hybridized carbons (Fsp3) is 0.543. The van der Waals surface area contributed by atoms with Crippen LogP contribution < -0.4 is 10.8 Å². The van der Waals surface area contributed by atoms with Crippen molar-refractivity contribution < 1.29 is 53.2 Å². The van der Waals surface area contributed by atoms with Gasteiger partial charge in [-0.25, -0.2) is 20.4 Å². The van der Waals surface area contributed by atoms with Crippen LogP contribution in [0.4, 0.5) is 5.69 Å². The smallest absolute Gasteiger partial charge is 0.345 e. The van der Waals surface area contributed by atoms with Crippen LogP contribution in [0.5, 0.6) is 0 Å². The van der Waals surface area contributed by atoms with Crippen LogP contribution in [-0.4, -0.2) is 119 Å². The fourth-order valence-electron chi connectivity index (χ4n) is 5.12. The number of nitro benzene ring substituents is 1.